The van der Waals surface area contributed by atoms with Crippen LogP contribution in [0.25, 0.3) is 11.3 Å². The summed E-state index contributed by atoms with van der Waals surface area (Å²) in [6, 6.07) is 6.24. The zero-order valence-corrected chi connectivity index (χ0v) is 16.6. The molecule has 1 aromatic carbocycles. The molecule has 0 aliphatic carbocycles. The summed E-state index contributed by atoms with van der Waals surface area (Å²) < 4.78 is 5.82. The van der Waals surface area contributed by atoms with Crippen LogP contribution in [0.3, 0.4) is 0 Å². The van der Waals surface area contributed by atoms with Crippen LogP contribution in [-0.2, 0) is 11.2 Å². The third kappa shape index (κ3) is 5.93. The molecule has 2 heterocycles. The number of hydrogen-bond donors (Lipinski definition) is 1. The summed E-state index contributed by atoms with van der Waals surface area (Å²) in [5.74, 6) is 1.45. The highest BCUT2D eigenvalue weighted by molar-refractivity contribution is 5.76. The zero-order chi connectivity index (χ0) is 19.1. The Hall–Kier alpha value is -2.14. The van der Waals surface area contributed by atoms with Gasteiger partial charge in [-0.3, -0.25) is 4.79 Å². The molecule has 2 aromatic rings. The number of aryl methyl sites for hydroxylation is 3. The number of carbonyl (C=O) groups is 1. The van der Waals surface area contributed by atoms with Gasteiger partial charge in [0.05, 0.1) is 6.20 Å². The van der Waals surface area contributed by atoms with E-state index in [1.165, 1.54) is 43.5 Å². The number of aromatic nitrogens is 1. The van der Waals surface area contributed by atoms with Gasteiger partial charge in [0, 0.05) is 24.9 Å². The van der Waals surface area contributed by atoms with E-state index in [1.807, 2.05) is 6.07 Å². The van der Waals surface area contributed by atoms with Crippen molar-refractivity contribution in [3.8, 4) is 11.3 Å². The Labute approximate surface area is 162 Å². The molecule has 1 aliphatic rings. The number of nitrogens with one attached hydrogen (secondary N) is 1. The first kappa shape index (κ1) is 19.6. The molecule has 1 amide bonds. The van der Waals surface area contributed by atoms with Gasteiger partial charge in [-0.05, 0) is 69.9 Å². The molecule has 1 aromatic heterocycles. The Kier molecular flexibility index (Phi) is 7.04. The highest BCUT2D eigenvalue weighted by Gasteiger charge is 2.11. The summed E-state index contributed by atoms with van der Waals surface area (Å²) in [6.45, 7) is 8.43. The van der Waals surface area contributed by atoms with E-state index in [2.05, 4.69) is 41.2 Å². The lowest BCUT2D eigenvalue weighted by molar-refractivity contribution is -0.121. The van der Waals surface area contributed by atoms with Gasteiger partial charge in [-0.25, -0.2) is 4.98 Å². The third-order valence-electron chi connectivity index (χ3n) is 5.33. The number of piperidine rings is 1. The van der Waals surface area contributed by atoms with Crippen LogP contribution < -0.4 is 5.32 Å². The molecule has 3 rings (SSSR count). The molecular formula is C22H31N3O2. The number of amides is 1. The van der Waals surface area contributed by atoms with Gasteiger partial charge >= 0.3 is 0 Å². The molecule has 1 N–H and O–H groups in total. The molecule has 0 unspecified atom stereocenters. The minimum atomic E-state index is 0.0691. The van der Waals surface area contributed by atoms with Crippen LogP contribution in [0.5, 0.6) is 0 Å². The van der Waals surface area contributed by atoms with E-state index in [-0.39, 0.29) is 5.91 Å². The summed E-state index contributed by atoms with van der Waals surface area (Å²) in [4.78, 5) is 18.8. The fraction of sp³-hybridized carbons (Fsp3) is 0.545. The van der Waals surface area contributed by atoms with Gasteiger partial charge < -0.3 is 14.6 Å². The lowest BCUT2D eigenvalue weighted by atomic mass is 10.1. The standard InChI is InChI=1S/C22H31N3O2/c1-17-7-8-19(15-18(17)2)20-16-24-22(27-20)10-9-21(26)23-11-6-14-25-12-4-3-5-13-25/h7-8,15-16H,3-6,9-14H2,1-2H3,(H,23,26). The zero-order valence-electron chi connectivity index (χ0n) is 16.6. The molecule has 1 saturated heterocycles. The molecule has 5 heteroatoms. The Morgan fingerprint density at radius 3 is 2.78 bits per heavy atom. The average molecular weight is 370 g/mol. The van der Waals surface area contributed by atoms with Crippen molar-refractivity contribution >= 4 is 5.91 Å². The normalized spacial score (nSPS) is 15.0. The highest BCUT2D eigenvalue weighted by Crippen LogP contribution is 2.23. The van der Waals surface area contributed by atoms with E-state index in [9.17, 15) is 4.79 Å². The van der Waals surface area contributed by atoms with E-state index < -0.39 is 0 Å². The number of likely N-dealkylation sites (tertiary alicyclic amines) is 1. The summed E-state index contributed by atoms with van der Waals surface area (Å²) in [5.41, 5.74) is 3.52. The quantitative estimate of drug-likeness (QED) is 0.718. The molecule has 0 spiro atoms. The number of hydrogen-bond acceptors (Lipinski definition) is 4. The van der Waals surface area contributed by atoms with Crippen molar-refractivity contribution < 1.29 is 9.21 Å². The maximum absolute atomic E-state index is 12.0. The summed E-state index contributed by atoms with van der Waals surface area (Å²) in [5, 5.41) is 3.01. The summed E-state index contributed by atoms with van der Waals surface area (Å²) in [6.07, 6.45) is 7.69. The van der Waals surface area contributed by atoms with Crippen LogP contribution in [0.1, 0.15) is 49.1 Å². The first-order chi connectivity index (χ1) is 13.1. The van der Waals surface area contributed by atoms with E-state index in [0.29, 0.717) is 18.7 Å². The number of rotatable bonds is 8. The van der Waals surface area contributed by atoms with Crippen LogP contribution in [0.4, 0.5) is 0 Å². The number of benzene rings is 1. The monoisotopic (exact) mass is 369 g/mol. The molecule has 146 valence electrons. The molecule has 0 radical (unpaired) electrons. The molecule has 1 aliphatic heterocycles. The first-order valence-electron chi connectivity index (χ1n) is 10.1. The fourth-order valence-corrected chi connectivity index (χ4v) is 3.48. The highest BCUT2D eigenvalue weighted by atomic mass is 16.4. The van der Waals surface area contributed by atoms with Crippen LogP contribution >= 0.6 is 0 Å². The average Bonchev–Trinajstić information content (AvgIpc) is 3.16. The molecule has 0 bridgehead atoms. The summed E-state index contributed by atoms with van der Waals surface area (Å²) >= 11 is 0. The SMILES string of the molecule is Cc1ccc(-c2cnc(CCC(=O)NCCCN3CCCCC3)o2)cc1C. The number of nitrogens with zero attached hydrogens (tertiary/aromatic N) is 2. The van der Waals surface area contributed by atoms with E-state index in [0.717, 1.165) is 30.8 Å². The van der Waals surface area contributed by atoms with Crippen molar-refractivity contribution in [1.29, 1.82) is 0 Å². The lowest BCUT2D eigenvalue weighted by Gasteiger charge is -2.26. The maximum Gasteiger partial charge on any atom is 0.220 e. The predicted octanol–water partition coefficient (Wildman–Crippen LogP) is 3.88. The minimum absolute atomic E-state index is 0.0691. The fourth-order valence-electron chi connectivity index (χ4n) is 3.48. The van der Waals surface area contributed by atoms with Crippen molar-refractivity contribution in [2.24, 2.45) is 0 Å². The van der Waals surface area contributed by atoms with Crippen LogP contribution in [0.15, 0.2) is 28.8 Å². The smallest absolute Gasteiger partial charge is 0.220 e. The van der Waals surface area contributed by atoms with Gasteiger partial charge in [0.1, 0.15) is 0 Å². The Morgan fingerprint density at radius 2 is 2.00 bits per heavy atom. The Balaban J connectivity index is 1.37. The van der Waals surface area contributed by atoms with Crippen molar-refractivity contribution in [3.63, 3.8) is 0 Å². The second-order valence-electron chi connectivity index (χ2n) is 7.52. The van der Waals surface area contributed by atoms with Gasteiger partial charge in [-0.2, -0.15) is 0 Å². The van der Waals surface area contributed by atoms with E-state index in [4.69, 9.17) is 4.42 Å². The van der Waals surface area contributed by atoms with Gasteiger partial charge in [0.25, 0.3) is 0 Å². The maximum atomic E-state index is 12.0. The van der Waals surface area contributed by atoms with E-state index in [1.54, 1.807) is 6.20 Å². The second kappa shape index (κ2) is 9.70. The second-order valence-corrected chi connectivity index (χ2v) is 7.52. The van der Waals surface area contributed by atoms with Crippen molar-refractivity contribution in [1.82, 2.24) is 15.2 Å². The first-order valence-corrected chi connectivity index (χ1v) is 10.1. The summed E-state index contributed by atoms with van der Waals surface area (Å²) in [7, 11) is 0. The largest absolute Gasteiger partial charge is 0.441 e. The van der Waals surface area contributed by atoms with Crippen LogP contribution in [-0.4, -0.2) is 42.0 Å². The van der Waals surface area contributed by atoms with Gasteiger partial charge in [0.15, 0.2) is 11.7 Å². The molecule has 0 saturated carbocycles. The minimum Gasteiger partial charge on any atom is -0.441 e. The van der Waals surface area contributed by atoms with Crippen molar-refractivity contribution in [3.05, 3.63) is 41.4 Å². The molecular weight excluding hydrogens is 338 g/mol. The van der Waals surface area contributed by atoms with Gasteiger partial charge in [0.2, 0.25) is 5.91 Å². The molecule has 1 fully saturated rings. The van der Waals surface area contributed by atoms with Crippen molar-refractivity contribution in [2.75, 3.05) is 26.2 Å². The lowest BCUT2D eigenvalue weighted by Crippen LogP contribution is -2.33. The predicted molar refractivity (Wildman–Crippen MR) is 108 cm³/mol. The Morgan fingerprint density at radius 1 is 1.19 bits per heavy atom. The van der Waals surface area contributed by atoms with Gasteiger partial charge in [-0.1, -0.05) is 18.6 Å². The van der Waals surface area contributed by atoms with Crippen molar-refractivity contribution in [2.45, 2.75) is 52.4 Å². The topological polar surface area (TPSA) is 58.4 Å². The van der Waals surface area contributed by atoms with Crippen LogP contribution in [0.2, 0.25) is 0 Å². The third-order valence-corrected chi connectivity index (χ3v) is 5.33. The molecule has 5 nitrogen and oxygen atoms in total. The Bertz CT molecular complexity index is 748. The number of carbonyl (C=O) groups excluding carboxylic acids is 1. The molecule has 27 heavy (non-hydrogen) atoms. The van der Waals surface area contributed by atoms with Gasteiger partial charge in [-0.15, -0.1) is 0 Å². The number of oxazole rings is 1. The van der Waals surface area contributed by atoms with E-state index >= 15 is 0 Å². The van der Waals surface area contributed by atoms with Crippen LogP contribution in [0, 0.1) is 13.8 Å². The molecule has 0 atom stereocenters.